The minimum Gasteiger partial charge on any atom is -0.452 e. The lowest BCUT2D eigenvalue weighted by Gasteiger charge is -2.15. The molecule has 1 N–H and O–H groups in total. The highest BCUT2D eigenvalue weighted by Crippen LogP contribution is 2.15. The Kier molecular flexibility index (Phi) is 6.95. The van der Waals surface area contributed by atoms with E-state index in [9.17, 15) is 9.59 Å². The van der Waals surface area contributed by atoms with Gasteiger partial charge in [-0.05, 0) is 54.7 Å². The number of nitrogens with zero attached hydrogens (tertiary/aromatic N) is 3. The van der Waals surface area contributed by atoms with E-state index in [0.29, 0.717) is 11.5 Å². The summed E-state index contributed by atoms with van der Waals surface area (Å²) in [5.41, 5.74) is 3.41. The minimum absolute atomic E-state index is 0.175. The van der Waals surface area contributed by atoms with Gasteiger partial charge in [0.05, 0.1) is 17.3 Å². The van der Waals surface area contributed by atoms with Crippen LogP contribution in [0, 0.1) is 5.92 Å². The van der Waals surface area contributed by atoms with Crippen LogP contribution in [0.3, 0.4) is 0 Å². The van der Waals surface area contributed by atoms with Gasteiger partial charge in [0.25, 0.3) is 5.91 Å². The molecule has 1 amide bonds. The first-order valence-electron chi connectivity index (χ1n) is 9.92. The van der Waals surface area contributed by atoms with Gasteiger partial charge in [-0.25, -0.2) is 14.5 Å². The molecule has 0 unspecified atom stereocenters. The fraction of sp³-hybridized carbons (Fsp3) is 0.304. The van der Waals surface area contributed by atoms with E-state index in [0.717, 1.165) is 17.7 Å². The number of rotatable bonds is 8. The molecule has 0 spiro atoms. The number of carbonyl (C=O) groups excluding carboxylic acids is 2. The van der Waals surface area contributed by atoms with Crippen molar-refractivity contribution in [3.05, 3.63) is 77.9 Å². The molecule has 0 fully saturated rings. The monoisotopic (exact) mass is 406 g/mol. The van der Waals surface area contributed by atoms with Crippen molar-refractivity contribution in [3.63, 3.8) is 0 Å². The van der Waals surface area contributed by atoms with Crippen molar-refractivity contribution in [2.75, 3.05) is 6.61 Å². The lowest BCUT2D eigenvalue weighted by Crippen LogP contribution is -2.31. The molecular weight excluding hydrogens is 380 g/mol. The van der Waals surface area contributed by atoms with Gasteiger partial charge in [-0.2, -0.15) is 5.10 Å². The number of esters is 1. The fourth-order valence-corrected chi connectivity index (χ4v) is 3.09. The van der Waals surface area contributed by atoms with Gasteiger partial charge < -0.3 is 10.1 Å². The zero-order valence-corrected chi connectivity index (χ0v) is 17.4. The van der Waals surface area contributed by atoms with E-state index in [1.807, 2.05) is 19.1 Å². The first-order chi connectivity index (χ1) is 14.4. The molecule has 0 saturated heterocycles. The van der Waals surface area contributed by atoms with Crippen molar-refractivity contribution in [2.24, 2.45) is 5.92 Å². The number of benzene rings is 2. The van der Waals surface area contributed by atoms with Gasteiger partial charge in [0.15, 0.2) is 6.61 Å². The van der Waals surface area contributed by atoms with Crippen molar-refractivity contribution in [1.29, 1.82) is 0 Å². The first kappa shape index (κ1) is 21.2. The molecule has 0 aliphatic carbocycles. The second-order valence-corrected chi connectivity index (χ2v) is 7.59. The summed E-state index contributed by atoms with van der Waals surface area (Å²) >= 11 is 0. The molecule has 2 aromatic carbocycles. The maximum Gasteiger partial charge on any atom is 0.338 e. The van der Waals surface area contributed by atoms with Crippen LogP contribution >= 0.6 is 0 Å². The smallest absolute Gasteiger partial charge is 0.338 e. The maximum atomic E-state index is 12.2. The van der Waals surface area contributed by atoms with Crippen LogP contribution in [0.2, 0.25) is 0 Å². The van der Waals surface area contributed by atoms with Gasteiger partial charge in [-0.1, -0.05) is 38.1 Å². The standard InChI is InChI=1S/C23H26N4O3/c1-16(2)12-18-4-6-19(7-5-18)17(3)26-22(28)13-30-23(29)20-8-10-21(11-9-20)27-15-24-14-25-27/h4-11,14-17H,12-13H2,1-3H3,(H,26,28)/t17-/m1/s1. The first-order valence-corrected chi connectivity index (χ1v) is 9.92. The number of aromatic nitrogens is 3. The topological polar surface area (TPSA) is 86.1 Å². The molecule has 0 radical (unpaired) electrons. The van der Waals surface area contributed by atoms with E-state index in [1.54, 1.807) is 35.3 Å². The second kappa shape index (κ2) is 9.82. The molecule has 156 valence electrons. The SMILES string of the molecule is CC(C)Cc1ccc([C@@H](C)NC(=O)COC(=O)c2ccc(-n3cncn3)cc2)cc1. The van der Waals surface area contributed by atoms with Crippen LogP contribution in [-0.4, -0.2) is 33.2 Å². The highest BCUT2D eigenvalue weighted by atomic mass is 16.5. The summed E-state index contributed by atoms with van der Waals surface area (Å²) < 4.78 is 6.72. The molecule has 7 heteroatoms. The van der Waals surface area contributed by atoms with Gasteiger partial charge in [-0.15, -0.1) is 0 Å². The Morgan fingerprint density at radius 3 is 2.33 bits per heavy atom. The third kappa shape index (κ3) is 5.76. The zero-order valence-electron chi connectivity index (χ0n) is 17.4. The lowest BCUT2D eigenvalue weighted by atomic mass is 10.00. The van der Waals surface area contributed by atoms with Crippen LogP contribution in [-0.2, 0) is 16.0 Å². The van der Waals surface area contributed by atoms with Crippen molar-refractivity contribution in [3.8, 4) is 5.69 Å². The average Bonchev–Trinajstić information content (AvgIpc) is 3.27. The van der Waals surface area contributed by atoms with Gasteiger partial charge in [-0.3, -0.25) is 4.79 Å². The maximum absolute atomic E-state index is 12.2. The molecule has 3 aromatic rings. The summed E-state index contributed by atoms with van der Waals surface area (Å²) in [6.45, 7) is 5.94. The number of carbonyl (C=O) groups is 2. The van der Waals surface area contributed by atoms with Gasteiger partial charge in [0, 0.05) is 0 Å². The Hall–Kier alpha value is -3.48. The molecule has 3 rings (SSSR count). The van der Waals surface area contributed by atoms with Gasteiger partial charge >= 0.3 is 5.97 Å². The minimum atomic E-state index is -0.555. The Morgan fingerprint density at radius 2 is 1.73 bits per heavy atom. The van der Waals surface area contributed by atoms with Crippen LogP contribution in [0.5, 0.6) is 0 Å². The summed E-state index contributed by atoms with van der Waals surface area (Å²) in [5.74, 6) is -0.302. The predicted octanol–water partition coefficient (Wildman–Crippen LogP) is 3.50. The summed E-state index contributed by atoms with van der Waals surface area (Å²) in [6, 6.07) is 14.7. The van der Waals surface area contributed by atoms with Crippen LogP contribution in [0.15, 0.2) is 61.2 Å². The third-order valence-corrected chi connectivity index (χ3v) is 4.62. The van der Waals surface area contributed by atoms with Crippen LogP contribution in [0.4, 0.5) is 0 Å². The molecule has 0 saturated carbocycles. The fourth-order valence-electron chi connectivity index (χ4n) is 3.09. The molecule has 1 heterocycles. The van der Waals surface area contributed by atoms with Crippen LogP contribution < -0.4 is 5.32 Å². The molecule has 0 aliphatic heterocycles. The summed E-state index contributed by atoms with van der Waals surface area (Å²) in [7, 11) is 0. The molecule has 1 aromatic heterocycles. The number of amides is 1. The van der Waals surface area contributed by atoms with Crippen molar-refractivity contribution in [2.45, 2.75) is 33.2 Å². The predicted molar refractivity (Wildman–Crippen MR) is 113 cm³/mol. The summed E-state index contributed by atoms with van der Waals surface area (Å²) in [5, 5.41) is 6.88. The summed E-state index contributed by atoms with van der Waals surface area (Å²) in [6.07, 6.45) is 4.02. The van der Waals surface area contributed by atoms with Crippen molar-refractivity contribution in [1.82, 2.24) is 20.1 Å². The molecule has 7 nitrogen and oxygen atoms in total. The molecule has 1 atom stereocenters. The highest BCUT2D eigenvalue weighted by molar-refractivity contribution is 5.91. The Bertz CT molecular complexity index is 965. The van der Waals surface area contributed by atoms with Crippen LogP contribution in [0.25, 0.3) is 5.69 Å². The Labute approximate surface area is 176 Å². The van der Waals surface area contributed by atoms with E-state index in [4.69, 9.17) is 4.74 Å². The molecule has 0 bridgehead atoms. The molecule has 0 aliphatic rings. The largest absolute Gasteiger partial charge is 0.452 e. The number of hydrogen-bond donors (Lipinski definition) is 1. The van der Waals surface area contributed by atoms with E-state index in [1.165, 1.54) is 11.9 Å². The Balaban J connectivity index is 1.48. The quantitative estimate of drug-likeness (QED) is 0.579. The van der Waals surface area contributed by atoms with E-state index < -0.39 is 5.97 Å². The van der Waals surface area contributed by atoms with Gasteiger partial charge in [0.2, 0.25) is 0 Å². The van der Waals surface area contributed by atoms with E-state index >= 15 is 0 Å². The Morgan fingerprint density at radius 1 is 1.03 bits per heavy atom. The third-order valence-electron chi connectivity index (χ3n) is 4.62. The number of hydrogen-bond acceptors (Lipinski definition) is 5. The molecule has 30 heavy (non-hydrogen) atoms. The average molecular weight is 406 g/mol. The van der Waals surface area contributed by atoms with Crippen LogP contribution in [0.1, 0.15) is 48.3 Å². The normalized spacial score (nSPS) is 11.9. The van der Waals surface area contributed by atoms with E-state index in [-0.39, 0.29) is 18.6 Å². The lowest BCUT2D eigenvalue weighted by molar-refractivity contribution is -0.124. The van der Waals surface area contributed by atoms with Crippen molar-refractivity contribution >= 4 is 11.9 Å². The van der Waals surface area contributed by atoms with Gasteiger partial charge in [0.1, 0.15) is 12.7 Å². The summed E-state index contributed by atoms with van der Waals surface area (Å²) in [4.78, 5) is 28.3. The molecular formula is C23H26N4O3. The second-order valence-electron chi connectivity index (χ2n) is 7.59. The van der Waals surface area contributed by atoms with Crippen molar-refractivity contribution < 1.29 is 14.3 Å². The highest BCUT2D eigenvalue weighted by Gasteiger charge is 2.13. The number of ether oxygens (including phenoxy) is 1. The van der Waals surface area contributed by atoms with E-state index in [2.05, 4.69) is 41.4 Å². The zero-order chi connectivity index (χ0) is 21.5. The number of nitrogens with one attached hydrogen (secondary N) is 1.